The zero-order valence-electron chi connectivity index (χ0n) is 11.2. The first-order valence-electron chi connectivity index (χ1n) is 6.26. The summed E-state index contributed by atoms with van der Waals surface area (Å²) in [5, 5.41) is 18.5. The van der Waals surface area contributed by atoms with Crippen molar-refractivity contribution in [3.8, 4) is 11.8 Å². The van der Waals surface area contributed by atoms with E-state index in [-0.39, 0.29) is 18.8 Å². The number of rotatable bonds is 3. The molecular formula is C14H18N2O3. The van der Waals surface area contributed by atoms with E-state index >= 15 is 0 Å². The molecule has 0 aromatic heterocycles. The summed E-state index contributed by atoms with van der Waals surface area (Å²) in [5.74, 6) is 0.716. The summed E-state index contributed by atoms with van der Waals surface area (Å²) in [7, 11) is 1.60. The number of nitrogens with zero attached hydrogens (tertiary/aromatic N) is 2. The largest absolute Gasteiger partial charge is 0.497 e. The fourth-order valence-electron chi connectivity index (χ4n) is 2.23. The van der Waals surface area contributed by atoms with Crippen LogP contribution in [-0.2, 0) is 4.74 Å². The lowest BCUT2D eigenvalue weighted by molar-refractivity contribution is -0.0103. The van der Waals surface area contributed by atoms with Crippen molar-refractivity contribution in [2.75, 3.05) is 31.8 Å². The van der Waals surface area contributed by atoms with Gasteiger partial charge in [-0.3, -0.25) is 0 Å². The van der Waals surface area contributed by atoms with Crippen LogP contribution in [0.3, 0.4) is 0 Å². The molecular weight excluding hydrogens is 244 g/mol. The van der Waals surface area contributed by atoms with E-state index in [0.717, 1.165) is 5.69 Å². The number of hydrogen-bond donors (Lipinski definition) is 1. The van der Waals surface area contributed by atoms with Crippen LogP contribution >= 0.6 is 0 Å². The van der Waals surface area contributed by atoms with Crippen LogP contribution in [0.15, 0.2) is 18.2 Å². The Morgan fingerprint density at radius 2 is 2.37 bits per heavy atom. The second-order valence-electron chi connectivity index (χ2n) is 4.63. The molecule has 0 aliphatic carbocycles. The third kappa shape index (κ3) is 2.80. The summed E-state index contributed by atoms with van der Waals surface area (Å²) in [6, 6.07) is 7.74. The normalized spacial score (nSPS) is 22.9. The van der Waals surface area contributed by atoms with Crippen LogP contribution in [0.5, 0.6) is 5.75 Å². The number of benzene rings is 1. The summed E-state index contributed by atoms with van der Waals surface area (Å²) < 4.78 is 10.7. The van der Waals surface area contributed by atoms with Crippen molar-refractivity contribution in [3.05, 3.63) is 23.8 Å². The number of ether oxygens (including phenoxy) is 2. The summed E-state index contributed by atoms with van der Waals surface area (Å²) >= 11 is 0. The monoisotopic (exact) mass is 262 g/mol. The van der Waals surface area contributed by atoms with Gasteiger partial charge in [0.05, 0.1) is 37.7 Å². The van der Waals surface area contributed by atoms with E-state index in [1.165, 1.54) is 0 Å². The van der Waals surface area contributed by atoms with E-state index in [1.54, 1.807) is 19.2 Å². The highest BCUT2D eigenvalue weighted by molar-refractivity contribution is 5.63. The van der Waals surface area contributed by atoms with Gasteiger partial charge in [0.25, 0.3) is 0 Å². The van der Waals surface area contributed by atoms with Gasteiger partial charge in [0.15, 0.2) is 0 Å². The molecule has 0 amide bonds. The zero-order valence-corrected chi connectivity index (χ0v) is 11.2. The molecule has 0 radical (unpaired) electrons. The molecule has 2 unspecified atom stereocenters. The van der Waals surface area contributed by atoms with Crippen molar-refractivity contribution in [1.82, 2.24) is 0 Å². The fourth-order valence-corrected chi connectivity index (χ4v) is 2.23. The lowest BCUT2D eigenvalue weighted by atomic mass is 10.1. The van der Waals surface area contributed by atoms with Gasteiger partial charge >= 0.3 is 0 Å². The minimum absolute atomic E-state index is 0.0188. The minimum Gasteiger partial charge on any atom is -0.497 e. The Balaban J connectivity index is 2.35. The molecule has 1 aliphatic heterocycles. The molecule has 1 aliphatic rings. The smallest absolute Gasteiger partial charge is 0.121 e. The Bertz CT molecular complexity index is 484. The predicted molar refractivity (Wildman–Crippen MR) is 71.3 cm³/mol. The zero-order chi connectivity index (χ0) is 13.8. The lowest BCUT2D eigenvalue weighted by Gasteiger charge is -2.39. The molecule has 0 spiro atoms. The van der Waals surface area contributed by atoms with Gasteiger partial charge in [0, 0.05) is 18.7 Å². The fraction of sp³-hybridized carbons (Fsp3) is 0.500. The number of morpholine rings is 1. The molecule has 2 atom stereocenters. The molecule has 5 heteroatoms. The van der Waals surface area contributed by atoms with Gasteiger partial charge in [-0.15, -0.1) is 0 Å². The predicted octanol–water partition coefficient (Wildman–Crippen LogP) is 1.15. The molecule has 5 nitrogen and oxygen atoms in total. The first-order chi connectivity index (χ1) is 9.19. The SMILES string of the molecule is COc1ccc(C#N)c(N2CC(CO)OCC2C)c1. The van der Waals surface area contributed by atoms with Gasteiger partial charge in [0.2, 0.25) is 0 Å². The summed E-state index contributed by atoms with van der Waals surface area (Å²) in [6.07, 6.45) is -0.214. The van der Waals surface area contributed by atoms with Crippen molar-refractivity contribution in [2.24, 2.45) is 0 Å². The van der Waals surface area contributed by atoms with Crippen LogP contribution in [-0.4, -0.2) is 44.1 Å². The molecule has 1 N–H and O–H groups in total. The minimum atomic E-state index is -0.214. The lowest BCUT2D eigenvalue weighted by Crippen LogP contribution is -2.49. The van der Waals surface area contributed by atoms with Gasteiger partial charge in [-0.2, -0.15) is 5.26 Å². The van der Waals surface area contributed by atoms with Crippen LogP contribution in [0.2, 0.25) is 0 Å². The Labute approximate surface area is 113 Å². The van der Waals surface area contributed by atoms with E-state index in [0.29, 0.717) is 24.5 Å². The standard InChI is InChI=1S/C14H18N2O3/c1-10-9-19-13(8-17)7-16(10)14-5-12(18-2)4-3-11(14)6-15/h3-5,10,13,17H,7-9H2,1-2H3. The second-order valence-corrected chi connectivity index (χ2v) is 4.63. The molecule has 1 fully saturated rings. The van der Waals surface area contributed by atoms with Crippen molar-refractivity contribution >= 4 is 5.69 Å². The van der Waals surface area contributed by atoms with Gasteiger partial charge in [-0.05, 0) is 19.1 Å². The number of methoxy groups -OCH3 is 1. The highest BCUT2D eigenvalue weighted by atomic mass is 16.5. The maximum absolute atomic E-state index is 9.23. The first-order valence-corrected chi connectivity index (χ1v) is 6.26. The van der Waals surface area contributed by atoms with E-state index < -0.39 is 0 Å². The maximum Gasteiger partial charge on any atom is 0.121 e. The molecule has 1 saturated heterocycles. The molecule has 0 bridgehead atoms. The Morgan fingerprint density at radius 1 is 1.58 bits per heavy atom. The number of nitriles is 1. The topological polar surface area (TPSA) is 65.7 Å². The highest BCUT2D eigenvalue weighted by Gasteiger charge is 2.27. The van der Waals surface area contributed by atoms with Crippen LogP contribution in [0.1, 0.15) is 12.5 Å². The van der Waals surface area contributed by atoms with Gasteiger partial charge in [-0.25, -0.2) is 0 Å². The Kier molecular flexibility index (Phi) is 4.25. The molecule has 102 valence electrons. The molecule has 1 aromatic carbocycles. The van der Waals surface area contributed by atoms with E-state index in [1.807, 2.05) is 13.0 Å². The molecule has 1 aromatic rings. The summed E-state index contributed by atoms with van der Waals surface area (Å²) in [6.45, 7) is 3.12. The molecule has 1 heterocycles. The van der Waals surface area contributed by atoms with Crippen LogP contribution in [0.4, 0.5) is 5.69 Å². The highest BCUT2D eigenvalue weighted by Crippen LogP contribution is 2.29. The van der Waals surface area contributed by atoms with Gasteiger partial charge in [-0.1, -0.05) is 0 Å². The van der Waals surface area contributed by atoms with E-state index in [2.05, 4.69) is 11.0 Å². The van der Waals surface area contributed by atoms with E-state index in [9.17, 15) is 10.4 Å². The Morgan fingerprint density at radius 3 is 3.00 bits per heavy atom. The first kappa shape index (κ1) is 13.7. The van der Waals surface area contributed by atoms with Crippen molar-refractivity contribution in [1.29, 1.82) is 5.26 Å². The number of anilines is 1. The number of aliphatic hydroxyl groups is 1. The van der Waals surface area contributed by atoms with Gasteiger partial charge < -0.3 is 19.5 Å². The van der Waals surface area contributed by atoms with Crippen LogP contribution in [0, 0.1) is 11.3 Å². The average Bonchev–Trinajstić information content (AvgIpc) is 2.47. The third-order valence-corrected chi connectivity index (χ3v) is 3.34. The summed E-state index contributed by atoms with van der Waals surface area (Å²) in [4.78, 5) is 2.09. The maximum atomic E-state index is 9.23. The number of aliphatic hydroxyl groups excluding tert-OH is 1. The van der Waals surface area contributed by atoms with E-state index in [4.69, 9.17) is 9.47 Å². The molecule has 19 heavy (non-hydrogen) atoms. The Hall–Kier alpha value is -1.77. The molecule has 2 rings (SSSR count). The van der Waals surface area contributed by atoms with Crippen LogP contribution < -0.4 is 9.64 Å². The summed E-state index contributed by atoms with van der Waals surface area (Å²) in [5.41, 5.74) is 1.43. The van der Waals surface area contributed by atoms with Crippen LogP contribution in [0.25, 0.3) is 0 Å². The third-order valence-electron chi connectivity index (χ3n) is 3.34. The average molecular weight is 262 g/mol. The van der Waals surface area contributed by atoms with Crippen molar-refractivity contribution in [2.45, 2.75) is 19.1 Å². The van der Waals surface area contributed by atoms with Crippen molar-refractivity contribution in [3.63, 3.8) is 0 Å². The van der Waals surface area contributed by atoms with Crippen molar-refractivity contribution < 1.29 is 14.6 Å². The quantitative estimate of drug-likeness (QED) is 0.885. The van der Waals surface area contributed by atoms with Gasteiger partial charge in [0.1, 0.15) is 11.8 Å². The second kappa shape index (κ2) is 5.91. The molecule has 0 saturated carbocycles. The number of hydrogen-bond acceptors (Lipinski definition) is 5.